The van der Waals surface area contributed by atoms with Crippen molar-refractivity contribution in [3.05, 3.63) is 23.9 Å². The van der Waals surface area contributed by atoms with Crippen molar-refractivity contribution in [3.8, 4) is 0 Å². The van der Waals surface area contributed by atoms with Crippen LogP contribution < -0.4 is 16.4 Å². The van der Waals surface area contributed by atoms with Gasteiger partial charge in [-0.15, -0.1) is 0 Å². The number of anilines is 1. The third-order valence-corrected chi connectivity index (χ3v) is 3.49. The smallest absolute Gasteiger partial charge is 0.220 e. The molecule has 1 amide bonds. The number of carbonyl (C=O) groups is 1. The molecule has 0 aliphatic carbocycles. The van der Waals surface area contributed by atoms with Crippen LogP contribution in [0, 0.1) is 5.92 Å². The highest BCUT2D eigenvalue weighted by Crippen LogP contribution is 2.22. The average Bonchev–Trinajstić information content (AvgIpc) is 2.39. The van der Waals surface area contributed by atoms with E-state index in [2.05, 4.69) is 9.88 Å². The zero-order valence-corrected chi connectivity index (χ0v) is 10.8. The molecule has 0 radical (unpaired) electrons. The number of rotatable bonds is 3. The van der Waals surface area contributed by atoms with Gasteiger partial charge in [0.05, 0.1) is 0 Å². The lowest BCUT2D eigenvalue weighted by atomic mass is 9.96. The first-order valence-corrected chi connectivity index (χ1v) is 6.29. The number of nitrogens with two attached hydrogens (primary N) is 2. The van der Waals surface area contributed by atoms with Gasteiger partial charge >= 0.3 is 0 Å². The van der Waals surface area contributed by atoms with Gasteiger partial charge in [-0.25, -0.2) is 4.98 Å². The van der Waals surface area contributed by atoms with Crippen molar-refractivity contribution in [1.82, 2.24) is 4.98 Å². The van der Waals surface area contributed by atoms with Gasteiger partial charge < -0.3 is 16.4 Å². The maximum atomic E-state index is 11.1. The van der Waals surface area contributed by atoms with Crippen molar-refractivity contribution in [3.63, 3.8) is 0 Å². The van der Waals surface area contributed by atoms with Crippen LogP contribution in [-0.2, 0) is 4.79 Å². The molecule has 4 N–H and O–H groups in total. The number of nitrogens with zero attached hydrogens (tertiary/aromatic N) is 2. The Labute approximate surface area is 111 Å². The zero-order valence-electron chi connectivity index (χ0n) is 10.0. The number of hydrogen-bond donors (Lipinski definition) is 2. The predicted octanol–water partition coefficient (Wildman–Crippen LogP) is 0.417. The molecule has 1 aliphatic rings. The van der Waals surface area contributed by atoms with Crippen molar-refractivity contribution in [2.24, 2.45) is 17.4 Å². The quantitative estimate of drug-likeness (QED) is 0.773. The lowest BCUT2D eigenvalue weighted by Gasteiger charge is -2.31. The molecule has 5 nitrogen and oxygen atoms in total. The average molecular weight is 264 g/mol. The Hall–Kier alpha value is -1.69. The highest BCUT2D eigenvalue weighted by atomic mass is 32.1. The summed E-state index contributed by atoms with van der Waals surface area (Å²) in [6.07, 6.45) is 3.24. The van der Waals surface area contributed by atoms with Crippen LogP contribution >= 0.6 is 12.2 Å². The summed E-state index contributed by atoms with van der Waals surface area (Å²) >= 11 is 4.95. The van der Waals surface area contributed by atoms with Gasteiger partial charge in [-0.05, 0) is 25.0 Å². The van der Waals surface area contributed by atoms with E-state index in [0.29, 0.717) is 4.99 Å². The number of piperidine rings is 1. The van der Waals surface area contributed by atoms with Crippen molar-refractivity contribution < 1.29 is 4.79 Å². The second kappa shape index (κ2) is 5.30. The van der Waals surface area contributed by atoms with Crippen molar-refractivity contribution >= 4 is 28.9 Å². The normalized spacial score (nSPS) is 16.6. The fraction of sp³-hybridized carbons (Fsp3) is 0.417. The van der Waals surface area contributed by atoms with Crippen LogP contribution in [0.25, 0.3) is 0 Å². The molecule has 1 saturated heterocycles. The standard InChI is InChI=1S/C12H16N4OS/c13-11(17)8-2-5-16(6-3-8)10-7-9(12(14)18)1-4-15-10/h1,4,7-8H,2-3,5-6H2,(H2,13,17)(H2,14,18). The van der Waals surface area contributed by atoms with E-state index in [0.717, 1.165) is 37.3 Å². The number of carbonyl (C=O) groups excluding carboxylic acids is 1. The Balaban J connectivity index is 2.07. The van der Waals surface area contributed by atoms with Crippen molar-refractivity contribution in [2.75, 3.05) is 18.0 Å². The van der Waals surface area contributed by atoms with Gasteiger partial charge in [0.15, 0.2) is 0 Å². The number of aromatic nitrogens is 1. The number of thiocarbonyl (C=S) groups is 1. The highest BCUT2D eigenvalue weighted by molar-refractivity contribution is 7.80. The minimum absolute atomic E-state index is 0.0139. The number of amides is 1. The van der Waals surface area contributed by atoms with Crippen LogP contribution in [0.4, 0.5) is 5.82 Å². The molecular weight excluding hydrogens is 248 g/mol. The summed E-state index contributed by atoms with van der Waals surface area (Å²) < 4.78 is 0. The molecule has 0 unspecified atom stereocenters. The Bertz CT molecular complexity index is 469. The van der Waals surface area contributed by atoms with Gasteiger partial charge in [-0.3, -0.25) is 4.79 Å². The molecule has 0 atom stereocenters. The van der Waals surface area contributed by atoms with E-state index < -0.39 is 0 Å². The van der Waals surface area contributed by atoms with Crippen LogP contribution in [0.2, 0.25) is 0 Å². The maximum absolute atomic E-state index is 11.1. The molecule has 6 heteroatoms. The molecule has 18 heavy (non-hydrogen) atoms. The monoisotopic (exact) mass is 264 g/mol. The molecule has 96 valence electrons. The molecule has 2 heterocycles. The number of hydrogen-bond acceptors (Lipinski definition) is 4. The van der Waals surface area contributed by atoms with Gasteiger partial charge in [-0.1, -0.05) is 12.2 Å². The van der Waals surface area contributed by atoms with E-state index >= 15 is 0 Å². The van der Waals surface area contributed by atoms with Crippen LogP contribution in [0.1, 0.15) is 18.4 Å². The summed E-state index contributed by atoms with van der Waals surface area (Å²) in [4.78, 5) is 17.9. The van der Waals surface area contributed by atoms with E-state index in [-0.39, 0.29) is 11.8 Å². The van der Waals surface area contributed by atoms with Crippen LogP contribution in [0.5, 0.6) is 0 Å². The third-order valence-electron chi connectivity index (χ3n) is 3.25. The second-order valence-corrected chi connectivity index (χ2v) is 4.87. The lowest BCUT2D eigenvalue weighted by molar-refractivity contribution is -0.122. The molecule has 1 aliphatic heterocycles. The summed E-state index contributed by atoms with van der Waals surface area (Å²) in [5.74, 6) is 0.628. The molecule has 0 bridgehead atoms. The van der Waals surface area contributed by atoms with E-state index in [4.69, 9.17) is 23.7 Å². The molecular formula is C12H16N4OS. The lowest BCUT2D eigenvalue weighted by Crippen LogP contribution is -2.39. The maximum Gasteiger partial charge on any atom is 0.220 e. The fourth-order valence-corrected chi connectivity index (χ4v) is 2.26. The van der Waals surface area contributed by atoms with Gasteiger partial charge in [0, 0.05) is 30.8 Å². The molecule has 0 aromatic carbocycles. The number of pyridine rings is 1. The van der Waals surface area contributed by atoms with Gasteiger partial charge in [0.25, 0.3) is 0 Å². The highest BCUT2D eigenvalue weighted by Gasteiger charge is 2.23. The minimum atomic E-state index is -0.209. The zero-order chi connectivity index (χ0) is 13.1. The molecule has 0 saturated carbocycles. The predicted molar refractivity (Wildman–Crippen MR) is 74.3 cm³/mol. The first-order valence-electron chi connectivity index (χ1n) is 5.88. The molecule has 1 aromatic rings. The van der Waals surface area contributed by atoms with Gasteiger partial charge in [-0.2, -0.15) is 0 Å². The molecule has 1 aromatic heterocycles. The molecule has 1 fully saturated rings. The first kappa shape index (κ1) is 12.8. The van der Waals surface area contributed by atoms with E-state index in [1.807, 2.05) is 6.07 Å². The summed E-state index contributed by atoms with van der Waals surface area (Å²) in [5, 5.41) is 0. The summed E-state index contributed by atoms with van der Waals surface area (Å²) in [5.41, 5.74) is 11.7. The first-order chi connectivity index (χ1) is 8.58. The van der Waals surface area contributed by atoms with Crippen molar-refractivity contribution in [1.29, 1.82) is 0 Å². The number of primary amides is 1. The van der Waals surface area contributed by atoms with E-state index in [1.165, 1.54) is 0 Å². The SMILES string of the molecule is NC(=O)C1CCN(c2cc(C(N)=S)ccn2)CC1. The largest absolute Gasteiger partial charge is 0.389 e. The summed E-state index contributed by atoms with van der Waals surface area (Å²) in [6.45, 7) is 1.56. The van der Waals surface area contributed by atoms with Gasteiger partial charge in [0.1, 0.15) is 10.8 Å². The molecule has 2 rings (SSSR count). The summed E-state index contributed by atoms with van der Waals surface area (Å²) in [6, 6.07) is 3.68. The molecule has 0 spiro atoms. The van der Waals surface area contributed by atoms with E-state index in [1.54, 1.807) is 12.3 Å². The Morgan fingerprint density at radius 1 is 1.39 bits per heavy atom. The third kappa shape index (κ3) is 2.76. The van der Waals surface area contributed by atoms with Gasteiger partial charge in [0.2, 0.25) is 5.91 Å². The Morgan fingerprint density at radius 3 is 2.61 bits per heavy atom. The van der Waals surface area contributed by atoms with Crippen LogP contribution in [0.15, 0.2) is 18.3 Å². The van der Waals surface area contributed by atoms with Crippen LogP contribution in [0.3, 0.4) is 0 Å². The second-order valence-electron chi connectivity index (χ2n) is 4.43. The summed E-state index contributed by atoms with van der Waals surface area (Å²) in [7, 11) is 0. The minimum Gasteiger partial charge on any atom is -0.389 e. The van der Waals surface area contributed by atoms with E-state index in [9.17, 15) is 4.79 Å². The fourth-order valence-electron chi connectivity index (χ4n) is 2.14. The Kier molecular flexibility index (Phi) is 3.76. The van der Waals surface area contributed by atoms with Crippen LogP contribution in [-0.4, -0.2) is 29.0 Å². The topological polar surface area (TPSA) is 85.2 Å². The van der Waals surface area contributed by atoms with Crippen molar-refractivity contribution in [2.45, 2.75) is 12.8 Å². The Morgan fingerprint density at radius 2 is 2.06 bits per heavy atom.